The predicted molar refractivity (Wildman–Crippen MR) is 213 cm³/mol. The molecule has 3 aromatic heterocycles. The third-order valence-corrected chi connectivity index (χ3v) is 11.9. The van der Waals surface area contributed by atoms with E-state index in [-0.39, 0.29) is 0 Å². The molecule has 9 aromatic carbocycles. The molecule has 0 fully saturated rings. The van der Waals surface area contributed by atoms with Crippen LogP contribution in [0.5, 0.6) is 0 Å². The Balaban J connectivity index is 1.32. The summed E-state index contributed by atoms with van der Waals surface area (Å²) in [7, 11) is 0. The summed E-state index contributed by atoms with van der Waals surface area (Å²) in [6, 6.07) is 55.1. The van der Waals surface area contributed by atoms with Crippen molar-refractivity contribution < 1.29 is 0 Å². The summed E-state index contributed by atoms with van der Waals surface area (Å²) < 4.78 is 4.94. The van der Waals surface area contributed by atoms with Crippen molar-refractivity contribution in [3.63, 3.8) is 0 Å². The Morgan fingerprint density at radius 3 is 1.84 bits per heavy atom. The molecule has 3 heterocycles. The van der Waals surface area contributed by atoms with Gasteiger partial charge >= 0.3 is 0 Å². The van der Waals surface area contributed by atoms with Crippen LogP contribution in [0.3, 0.4) is 0 Å². The summed E-state index contributed by atoms with van der Waals surface area (Å²) in [5.41, 5.74) is 5.24. The van der Waals surface area contributed by atoms with Crippen molar-refractivity contribution in [2.75, 3.05) is 0 Å². The van der Waals surface area contributed by atoms with E-state index < -0.39 is 0 Å². The van der Waals surface area contributed by atoms with Crippen molar-refractivity contribution in [1.82, 2.24) is 14.5 Å². The van der Waals surface area contributed by atoms with Crippen LogP contribution < -0.4 is 0 Å². The fraction of sp³-hybridized carbons (Fsp3) is 0. The highest BCUT2D eigenvalue weighted by Crippen LogP contribution is 2.48. The van der Waals surface area contributed by atoms with E-state index in [0.717, 1.165) is 38.6 Å². The summed E-state index contributed by atoms with van der Waals surface area (Å²) in [5.74, 6) is 0.681. The SMILES string of the molecule is c1ccc2c(-c3nc(-n4c5cccc6c7ccccc7c7cccc8sc9ccc4c(c9c87)c65)nc4c3ccc3ccccc34)cccc2c1. The zero-order valence-electron chi connectivity index (χ0n) is 26.7. The largest absolute Gasteiger partial charge is 0.278 e. The molecular formula is C46H25N3S. The minimum absolute atomic E-state index is 0.681. The molecule has 0 unspecified atom stereocenters. The van der Waals surface area contributed by atoms with Gasteiger partial charge in [-0.15, -0.1) is 11.3 Å². The Bertz CT molecular complexity index is 3380. The van der Waals surface area contributed by atoms with Crippen LogP contribution in [0.15, 0.2) is 152 Å². The van der Waals surface area contributed by atoms with Gasteiger partial charge in [-0.2, -0.15) is 0 Å². The lowest BCUT2D eigenvalue weighted by molar-refractivity contribution is 1.02. The molecule has 0 aliphatic heterocycles. The topological polar surface area (TPSA) is 30.7 Å². The van der Waals surface area contributed by atoms with Crippen LogP contribution in [0.1, 0.15) is 0 Å². The Morgan fingerprint density at radius 1 is 0.380 bits per heavy atom. The monoisotopic (exact) mass is 651 g/mol. The number of thiophene rings is 1. The Morgan fingerprint density at radius 2 is 1.00 bits per heavy atom. The Kier molecular flexibility index (Phi) is 5.12. The van der Waals surface area contributed by atoms with E-state index in [4.69, 9.17) is 9.97 Å². The number of fused-ring (bicyclic) bond motifs is 7. The molecule has 4 heteroatoms. The van der Waals surface area contributed by atoms with Gasteiger partial charge in [0.2, 0.25) is 5.95 Å². The fourth-order valence-corrected chi connectivity index (χ4v) is 9.80. The van der Waals surface area contributed by atoms with Crippen LogP contribution in [0.4, 0.5) is 0 Å². The van der Waals surface area contributed by atoms with Gasteiger partial charge in [-0.25, -0.2) is 9.97 Å². The van der Waals surface area contributed by atoms with Crippen LogP contribution in [0, 0.1) is 0 Å². The molecule has 50 heavy (non-hydrogen) atoms. The zero-order chi connectivity index (χ0) is 32.5. The van der Waals surface area contributed by atoms with Gasteiger partial charge in [-0.3, -0.25) is 4.57 Å². The molecule has 12 aromatic rings. The van der Waals surface area contributed by atoms with Crippen LogP contribution in [-0.4, -0.2) is 14.5 Å². The standard InChI is InChI=1S/C46H25N3S/c1-3-13-28-26(10-1)12-7-19-34(28)45-35-23-22-27-11-2-4-14-29(27)44(35)47-46(48-45)49-36-20-8-17-32-30-15-5-6-16-31(30)33-18-9-21-38-41(33)43-39(50-38)25-24-37(49)42(43)40(32)36/h1-25H. The first-order valence-electron chi connectivity index (χ1n) is 17.0. The molecule has 0 atom stereocenters. The smallest absolute Gasteiger partial charge is 0.235 e. The third-order valence-electron chi connectivity index (χ3n) is 10.7. The summed E-state index contributed by atoms with van der Waals surface area (Å²) in [5, 5.41) is 15.9. The highest BCUT2D eigenvalue weighted by atomic mass is 32.1. The van der Waals surface area contributed by atoms with Crippen LogP contribution in [0.2, 0.25) is 0 Å². The number of aromatic nitrogens is 3. The first-order chi connectivity index (χ1) is 24.8. The summed E-state index contributed by atoms with van der Waals surface area (Å²) in [6.07, 6.45) is 0. The second kappa shape index (κ2) is 9.63. The molecule has 0 aliphatic rings. The maximum Gasteiger partial charge on any atom is 0.235 e. The van der Waals surface area contributed by atoms with Gasteiger partial charge in [-0.05, 0) is 68.0 Å². The summed E-state index contributed by atoms with van der Waals surface area (Å²) in [4.78, 5) is 11.1. The molecule has 12 rings (SSSR count). The Labute approximate surface area is 289 Å². The number of rotatable bonds is 2. The molecule has 0 radical (unpaired) electrons. The molecule has 0 saturated heterocycles. The quantitative estimate of drug-likeness (QED) is 0.174. The van der Waals surface area contributed by atoms with Crippen LogP contribution in [0.25, 0.3) is 113 Å². The molecule has 0 bridgehead atoms. The maximum absolute atomic E-state index is 5.57. The molecule has 230 valence electrons. The van der Waals surface area contributed by atoms with Crippen molar-refractivity contribution in [3.8, 4) is 17.2 Å². The first kappa shape index (κ1) is 26.6. The fourth-order valence-electron chi connectivity index (χ4n) is 8.66. The first-order valence-corrected chi connectivity index (χ1v) is 17.8. The van der Waals surface area contributed by atoms with Gasteiger partial charge in [0.25, 0.3) is 0 Å². The minimum Gasteiger partial charge on any atom is -0.278 e. The molecule has 0 N–H and O–H groups in total. The van der Waals surface area contributed by atoms with Gasteiger partial charge < -0.3 is 0 Å². The normalized spacial score (nSPS) is 12.4. The number of nitrogens with zero attached hydrogens (tertiary/aromatic N) is 3. The lowest BCUT2D eigenvalue weighted by Gasteiger charge is -2.14. The van der Waals surface area contributed by atoms with E-state index >= 15 is 0 Å². The van der Waals surface area contributed by atoms with E-state index in [0.29, 0.717) is 5.95 Å². The molecule has 0 amide bonds. The van der Waals surface area contributed by atoms with E-state index in [1.165, 1.54) is 68.6 Å². The number of benzene rings is 8. The van der Waals surface area contributed by atoms with E-state index in [2.05, 4.69) is 156 Å². The van der Waals surface area contributed by atoms with Gasteiger partial charge in [0, 0.05) is 47.3 Å². The molecule has 3 nitrogen and oxygen atoms in total. The van der Waals surface area contributed by atoms with Crippen molar-refractivity contribution in [2.45, 2.75) is 0 Å². The molecule has 0 aliphatic carbocycles. The number of hydrogen-bond acceptors (Lipinski definition) is 3. The highest BCUT2D eigenvalue weighted by molar-refractivity contribution is 7.26. The zero-order valence-corrected chi connectivity index (χ0v) is 27.5. The third kappa shape index (κ3) is 3.38. The lowest BCUT2D eigenvalue weighted by atomic mass is 9.95. The van der Waals surface area contributed by atoms with E-state index in [9.17, 15) is 0 Å². The van der Waals surface area contributed by atoms with Gasteiger partial charge in [-0.1, -0.05) is 121 Å². The minimum atomic E-state index is 0.681. The van der Waals surface area contributed by atoms with Gasteiger partial charge in [0.05, 0.1) is 22.2 Å². The van der Waals surface area contributed by atoms with Crippen molar-refractivity contribution in [3.05, 3.63) is 152 Å². The number of hydrogen-bond donors (Lipinski definition) is 0. The summed E-state index contributed by atoms with van der Waals surface area (Å²) in [6.45, 7) is 0. The highest BCUT2D eigenvalue weighted by Gasteiger charge is 2.24. The molecular weight excluding hydrogens is 627 g/mol. The molecule has 0 spiro atoms. The van der Waals surface area contributed by atoms with Gasteiger partial charge in [0.1, 0.15) is 0 Å². The maximum atomic E-state index is 5.57. The molecule has 0 saturated carbocycles. The van der Waals surface area contributed by atoms with Gasteiger partial charge in [0.15, 0.2) is 0 Å². The van der Waals surface area contributed by atoms with Crippen LogP contribution >= 0.6 is 11.3 Å². The van der Waals surface area contributed by atoms with E-state index in [1.54, 1.807) is 0 Å². The van der Waals surface area contributed by atoms with Crippen LogP contribution in [-0.2, 0) is 0 Å². The van der Waals surface area contributed by atoms with Crippen molar-refractivity contribution in [1.29, 1.82) is 0 Å². The van der Waals surface area contributed by atoms with E-state index in [1.807, 2.05) is 11.3 Å². The van der Waals surface area contributed by atoms with Crippen molar-refractivity contribution in [2.24, 2.45) is 0 Å². The second-order valence-electron chi connectivity index (χ2n) is 13.3. The van der Waals surface area contributed by atoms with Crippen molar-refractivity contribution >= 4 is 107 Å². The average molecular weight is 652 g/mol. The lowest BCUT2D eigenvalue weighted by Crippen LogP contribution is -2.04. The Hall–Kier alpha value is -6.36. The average Bonchev–Trinajstić information content (AvgIpc) is 3.72. The summed E-state index contributed by atoms with van der Waals surface area (Å²) >= 11 is 1.88. The predicted octanol–water partition coefficient (Wildman–Crippen LogP) is 12.8. The second-order valence-corrected chi connectivity index (χ2v) is 14.4.